The van der Waals surface area contributed by atoms with Crippen LogP contribution in [-0.4, -0.2) is 93.4 Å². The van der Waals surface area contributed by atoms with Gasteiger partial charge in [-0.25, -0.2) is 19.9 Å². The Balaban J connectivity index is 0.00000361. The van der Waals surface area contributed by atoms with Crippen molar-refractivity contribution in [2.75, 3.05) is 39.3 Å². The summed E-state index contributed by atoms with van der Waals surface area (Å²) >= 11 is 0. The third-order valence-corrected chi connectivity index (χ3v) is 9.67. The molecule has 12 heteroatoms. The van der Waals surface area contributed by atoms with E-state index < -0.39 is 0 Å². The molecule has 9 rings (SSSR count). The number of imidazole rings is 4. The van der Waals surface area contributed by atoms with Crippen LogP contribution in [0.5, 0.6) is 0 Å². The molecule has 4 aromatic heterocycles. The number of nitrogens with one attached hydrogen (secondary N) is 3. The Kier molecular flexibility index (Phi) is 9.18. The summed E-state index contributed by atoms with van der Waals surface area (Å²) in [5.74, 6) is 3.99. The predicted molar refractivity (Wildman–Crippen MR) is 193 cm³/mol. The Morgan fingerprint density at radius 2 is 0.800 bits per heavy atom. The van der Waals surface area contributed by atoms with E-state index in [4.69, 9.17) is 19.9 Å². The van der Waals surface area contributed by atoms with Crippen LogP contribution in [0.2, 0.25) is 0 Å². The van der Waals surface area contributed by atoms with Crippen molar-refractivity contribution in [2.45, 2.75) is 26.2 Å². The molecule has 0 spiro atoms. The normalized spacial score (nSPS) is 15.4. The topological polar surface area (TPSA) is 114 Å². The molecule has 1 radical (unpaired) electrons. The summed E-state index contributed by atoms with van der Waals surface area (Å²) in [4.78, 5) is 38.1. The molecule has 3 N–H and O–H groups in total. The monoisotopic (exact) mass is 712 g/mol. The van der Waals surface area contributed by atoms with Crippen LogP contribution in [0.15, 0.2) is 97.1 Å². The number of benzene rings is 4. The van der Waals surface area contributed by atoms with Crippen molar-refractivity contribution in [1.82, 2.24) is 54.2 Å². The van der Waals surface area contributed by atoms with Crippen molar-refractivity contribution < 1.29 is 17.1 Å². The van der Waals surface area contributed by atoms with Gasteiger partial charge in [0.25, 0.3) is 0 Å². The second-order valence-corrected chi connectivity index (χ2v) is 13.0. The third kappa shape index (κ3) is 6.81. The van der Waals surface area contributed by atoms with Crippen molar-refractivity contribution in [1.29, 1.82) is 0 Å². The smallest absolute Gasteiger partial charge is 0.341 e. The maximum Gasteiger partial charge on any atom is 2.00 e. The minimum atomic E-state index is 0. The minimum absolute atomic E-state index is 0. The molecule has 0 aliphatic carbocycles. The number of fused-ring (bicyclic) bond motifs is 4. The first-order valence-corrected chi connectivity index (χ1v) is 17.1. The van der Waals surface area contributed by atoms with E-state index in [2.05, 4.69) is 107 Å². The van der Waals surface area contributed by atoms with E-state index in [-0.39, 0.29) is 17.1 Å². The van der Waals surface area contributed by atoms with Crippen molar-refractivity contribution in [2.24, 2.45) is 0 Å². The van der Waals surface area contributed by atoms with Gasteiger partial charge in [0.1, 0.15) is 23.3 Å². The predicted octanol–water partition coefficient (Wildman–Crippen LogP) is 5.53. The number of nitrogens with zero attached hydrogens (tertiary/aromatic N) is 8. The van der Waals surface area contributed by atoms with E-state index >= 15 is 0 Å². The van der Waals surface area contributed by atoms with Crippen LogP contribution in [0.1, 0.15) is 23.3 Å². The molecule has 1 saturated heterocycles. The van der Waals surface area contributed by atoms with Gasteiger partial charge in [0.15, 0.2) is 0 Å². The summed E-state index contributed by atoms with van der Waals surface area (Å²) in [5.41, 5.74) is 8.36. The molecule has 1 aliphatic rings. The van der Waals surface area contributed by atoms with Crippen molar-refractivity contribution in [3.05, 3.63) is 120 Å². The first kappa shape index (κ1) is 32.4. The van der Waals surface area contributed by atoms with Gasteiger partial charge in [-0.15, -0.1) is 0 Å². The van der Waals surface area contributed by atoms with Crippen LogP contribution < -0.4 is 0 Å². The fraction of sp³-hybridized carbons (Fsp3) is 0.263. The number of H-pyrrole nitrogens is 3. The van der Waals surface area contributed by atoms with Gasteiger partial charge in [0.2, 0.25) is 0 Å². The molecule has 0 atom stereocenters. The van der Waals surface area contributed by atoms with E-state index in [1.165, 1.54) is 0 Å². The Morgan fingerprint density at radius 1 is 0.420 bits per heavy atom. The average molecular weight is 713 g/mol. The van der Waals surface area contributed by atoms with E-state index in [0.717, 1.165) is 126 Å². The fourth-order valence-corrected chi connectivity index (χ4v) is 7.10. The molecular weight excluding hydrogens is 674 g/mol. The second kappa shape index (κ2) is 14.2. The first-order chi connectivity index (χ1) is 24.2. The molecule has 1 aliphatic heterocycles. The standard InChI is InChI=1S/C38H39N11.Cu/c1-2-10-28-27(9-1)39-35(40-28)23-46-17-18-47(24-36-41-29-11-3-4-12-30(29)42-36)20-22-48(21-19-46)26-38-45-33-15-7-8-16-34(33)49(38)25-37-43-31-13-5-6-14-32(31)44-37;/h1-16H,17-26H2,(H,39,40)(H,41,42)(H,43,44);/q;+2. The molecule has 0 bridgehead atoms. The zero-order chi connectivity index (χ0) is 32.6. The third-order valence-electron chi connectivity index (χ3n) is 9.67. The van der Waals surface area contributed by atoms with Gasteiger partial charge in [0.05, 0.1) is 70.3 Å². The van der Waals surface area contributed by atoms with Gasteiger partial charge in [-0.2, -0.15) is 0 Å². The summed E-state index contributed by atoms with van der Waals surface area (Å²) in [6, 6.07) is 33.2. The van der Waals surface area contributed by atoms with Crippen molar-refractivity contribution in [3.8, 4) is 0 Å². The maximum absolute atomic E-state index is 5.18. The average Bonchev–Trinajstić information content (AvgIpc) is 3.91. The van der Waals surface area contributed by atoms with Gasteiger partial charge in [-0.3, -0.25) is 14.7 Å². The number of aromatic nitrogens is 8. The quantitative estimate of drug-likeness (QED) is 0.178. The minimum Gasteiger partial charge on any atom is -0.341 e. The fourth-order valence-electron chi connectivity index (χ4n) is 7.10. The number of rotatable bonds is 8. The zero-order valence-corrected chi connectivity index (χ0v) is 28.6. The summed E-state index contributed by atoms with van der Waals surface area (Å²) in [6.07, 6.45) is 0. The summed E-state index contributed by atoms with van der Waals surface area (Å²) in [6.45, 7) is 8.50. The van der Waals surface area contributed by atoms with Crippen LogP contribution in [-0.2, 0) is 43.2 Å². The van der Waals surface area contributed by atoms with Gasteiger partial charge in [-0.1, -0.05) is 48.5 Å². The Hall–Kier alpha value is -4.84. The number of para-hydroxylation sites is 8. The largest absolute Gasteiger partial charge is 2.00 e. The SMILES string of the molecule is [Cu+2].c1ccc2[nH]c(CN3CCN(Cc4nc5ccccc5[nH]4)CCN(Cc4nc5ccccc5n4Cc4nc5ccccc5[nH]4)CC3)nc2c1. The Labute approximate surface area is 300 Å². The van der Waals surface area contributed by atoms with E-state index in [9.17, 15) is 0 Å². The molecular formula is C38H39CuN11+2. The van der Waals surface area contributed by atoms with Crippen LogP contribution in [0, 0.1) is 0 Å². The number of hydrogen-bond acceptors (Lipinski definition) is 7. The van der Waals surface area contributed by atoms with Crippen LogP contribution in [0.25, 0.3) is 44.1 Å². The molecule has 255 valence electrons. The molecule has 1 fully saturated rings. The second-order valence-electron chi connectivity index (χ2n) is 13.0. The molecule has 5 heterocycles. The van der Waals surface area contributed by atoms with Crippen molar-refractivity contribution >= 4 is 44.1 Å². The van der Waals surface area contributed by atoms with E-state index in [0.29, 0.717) is 6.54 Å². The van der Waals surface area contributed by atoms with E-state index in [1.54, 1.807) is 0 Å². The van der Waals surface area contributed by atoms with Crippen LogP contribution >= 0.6 is 0 Å². The Bertz CT molecular complexity index is 2180. The number of hydrogen-bond donors (Lipinski definition) is 3. The van der Waals surface area contributed by atoms with Gasteiger partial charge in [0, 0.05) is 39.3 Å². The van der Waals surface area contributed by atoms with Gasteiger partial charge < -0.3 is 19.5 Å². The molecule has 11 nitrogen and oxygen atoms in total. The molecule has 4 aromatic carbocycles. The molecule has 8 aromatic rings. The summed E-state index contributed by atoms with van der Waals surface area (Å²) < 4.78 is 2.33. The molecule has 0 saturated carbocycles. The van der Waals surface area contributed by atoms with E-state index in [1.807, 2.05) is 24.3 Å². The molecule has 0 amide bonds. The number of aromatic amines is 3. The van der Waals surface area contributed by atoms with Crippen LogP contribution in [0.3, 0.4) is 0 Å². The zero-order valence-electron chi connectivity index (χ0n) is 27.7. The molecule has 50 heavy (non-hydrogen) atoms. The first-order valence-electron chi connectivity index (χ1n) is 17.1. The van der Waals surface area contributed by atoms with Gasteiger partial charge >= 0.3 is 17.1 Å². The maximum atomic E-state index is 5.18. The Morgan fingerprint density at radius 3 is 1.26 bits per heavy atom. The van der Waals surface area contributed by atoms with Crippen LogP contribution in [0.4, 0.5) is 0 Å². The summed E-state index contributed by atoms with van der Waals surface area (Å²) in [5, 5.41) is 0. The van der Waals surface area contributed by atoms with Gasteiger partial charge in [-0.05, 0) is 48.5 Å². The van der Waals surface area contributed by atoms with Crippen molar-refractivity contribution in [3.63, 3.8) is 0 Å². The summed E-state index contributed by atoms with van der Waals surface area (Å²) in [7, 11) is 0. The molecule has 0 unspecified atom stereocenters.